The lowest BCUT2D eigenvalue weighted by Gasteiger charge is -2.17. The maximum absolute atomic E-state index is 9.19. The van der Waals surface area contributed by atoms with Crippen LogP contribution in [-0.2, 0) is 13.0 Å². The number of benzene rings is 2. The number of aromatic amines is 1. The van der Waals surface area contributed by atoms with E-state index in [9.17, 15) is 5.11 Å². The highest BCUT2D eigenvalue weighted by molar-refractivity contribution is 5.84. The number of furan rings is 1. The highest BCUT2D eigenvalue weighted by Gasteiger charge is 2.06. The second-order valence-corrected chi connectivity index (χ2v) is 8.00. The first-order valence-corrected chi connectivity index (χ1v) is 10.7. The number of hydrogen-bond donors (Lipinski definition) is 3. The number of rotatable bonds is 10. The van der Waals surface area contributed by atoms with Gasteiger partial charge in [0.05, 0.1) is 11.6 Å². The molecule has 3 N–H and O–H groups in total. The fraction of sp³-hybridized carbons (Fsp3) is 0.320. The van der Waals surface area contributed by atoms with Crippen LogP contribution in [0, 0.1) is 11.3 Å². The van der Waals surface area contributed by atoms with Crippen LogP contribution in [0.1, 0.15) is 29.7 Å². The molecule has 6 heteroatoms. The Morgan fingerprint density at radius 2 is 2.03 bits per heavy atom. The number of nitriles is 1. The average molecular weight is 417 g/mol. The Bertz CT molecular complexity index is 1200. The quantitative estimate of drug-likeness (QED) is 0.328. The summed E-state index contributed by atoms with van der Waals surface area (Å²) in [6.45, 7) is 2.80. The van der Waals surface area contributed by atoms with E-state index in [-0.39, 0.29) is 6.61 Å². The van der Waals surface area contributed by atoms with Gasteiger partial charge in [0.25, 0.3) is 0 Å². The minimum Gasteiger partial charge on any atom is -0.459 e. The van der Waals surface area contributed by atoms with Crippen LogP contribution >= 0.6 is 0 Å². The molecule has 0 bridgehead atoms. The number of aryl methyl sites for hydroxylation is 1. The molecular weight excluding hydrogens is 388 g/mol. The fourth-order valence-corrected chi connectivity index (χ4v) is 3.94. The maximum atomic E-state index is 9.19. The summed E-state index contributed by atoms with van der Waals surface area (Å²) >= 11 is 0. The molecule has 0 spiro atoms. The van der Waals surface area contributed by atoms with Crippen LogP contribution in [0.15, 0.2) is 53.1 Å². The molecule has 0 atom stereocenters. The van der Waals surface area contributed by atoms with Gasteiger partial charge in [-0.05, 0) is 80.9 Å². The predicted molar refractivity (Wildman–Crippen MR) is 124 cm³/mol. The van der Waals surface area contributed by atoms with Crippen molar-refractivity contribution < 1.29 is 9.52 Å². The summed E-state index contributed by atoms with van der Waals surface area (Å²) < 4.78 is 5.53. The fourth-order valence-electron chi connectivity index (χ4n) is 3.94. The Morgan fingerprint density at radius 3 is 2.87 bits per heavy atom. The van der Waals surface area contributed by atoms with E-state index in [0.717, 1.165) is 66.5 Å². The lowest BCUT2D eigenvalue weighted by molar-refractivity contribution is 0.251. The lowest BCUT2D eigenvalue weighted by Crippen LogP contribution is -2.26. The third-order valence-electron chi connectivity index (χ3n) is 5.68. The Balaban J connectivity index is 1.19. The summed E-state index contributed by atoms with van der Waals surface area (Å²) in [6, 6.07) is 15.9. The minimum absolute atomic E-state index is 0.0799. The number of unbranched alkanes of at least 4 members (excludes halogenated alkanes) is 1. The first-order valence-electron chi connectivity index (χ1n) is 10.7. The molecule has 6 nitrogen and oxygen atoms in total. The molecule has 2 heterocycles. The van der Waals surface area contributed by atoms with E-state index >= 15 is 0 Å². The third kappa shape index (κ3) is 5.08. The number of fused-ring (bicyclic) bond motifs is 2. The van der Waals surface area contributed by atoms with E-state index in [1.54, 1.807) is 0 Å². The zero-order valence-electron chi connectivity index (χ0n) is 17.8. The van der Waals surface area contributed by atoms with Crippen LogP contribution in [0.2, 0.25) is 0 Å². The van der Waals surface area contributed by atoms with Crippen molar-refractivity contribution in [2.75, 3.05) is 32.0 Å². The van der Waals surface area contributed by atoms with Crippen LogP contribution in [0.4, 0.5) is 5.69 Å². The number of anilines is 1. The first kappa shape index (κ1) is 21.0. The monoisotopic (exact) mass is 416 g/mol. The molecule has 0 amide bonds. The van der Waals surface area contributed by atoms with Gasteiger partial charge in [-0.3, -0.25) is 0 Å². The number of nitrogens with zero attached hydrogens (tertiary/aromatic N) is 2. The van der Waals surface area contributed by atoms with Crippen LogP contribution in [0.3, 0.4) is 0 Å². The molecule has 0 aliphatic carbocycles. The molecule has 0 aliphatic rings. The van der Waals surface area contributed by atoms with Gasteiger partial charge >= 0.3 is 0 Å². The van der Waals surface area contributed by atoms with Gasteiger partial charge in [0.1, 0.15) is 18.0 Å². The van der Waals surface area contributed by atoms with Gasteiger partial charge in [0.2, 0.25) is 0 Å². The second kappa shape index (κ2) is 9.69. The number of hydrogen-bond acceptors (Lipinski definition) is 5. The summed E-state index contributed by atoms with van der Waals surface area (Å²) in [5, 5.41) is 23.9. The molecule has 2 aromatic heterocycles. The highest BCUT2D eigenvalue weighted by atomic mass is 16.4. The van der Waals surface area contributed by atoms with Gasteiger partial charge in [-0.1, -0.05) is 0 Å². The number of H-pyrrole nitrogens is 1. The molecule has 0 radical (unpaired) electrons. The molecule has 160 valence electrons. The van der Waals surface area contributed by atoms with E-state index in [1.165, 1.54) is 5.56 Å². The summed E-state index contributed by atoms with van der Waals surface area (Å²) in [5.41, 5.74) is 4.95. The van der Waals surface area contributed by atoms with Crippen molar-refractivity contribution >= 4 is 27.6 Å². The van der Waals surface area contributed by atoms with Gasteiger partial charge in [0.15, 0.2) is 0 Å². The molecule has 4 rings (SSSR count). The van der Waals surface area contributed by atoms with E-state index in [1.807, 2.05) is 36.4 Å². The van der Waals surface area contributed by atoms with Crippen molar-refractivity contribution in [1.29, 1.82) is 5.26 Å². The summed E-state index contributed by atoms with van der Waals surface area (Å²) in [5.74, 6) is 0.588. The average Bonchev–Trinajstić information content (AvgIpc) is 3.39. The normalized spacial score (nSPS) is 11.4. The molecule has 0 unspecified atom stereocenters. The predicted octanol–water partition coefficient (Wildman–Crippen LogP) is 4.64. The number of nitrogens with one attached hydrogen (secondary N) is 2. The molecule has 0 fully saturated rings. The molecule has 0 aliphatic heterocycles. The van der Waals surface area contributed by atoms with Crippen molar-refractivity contribution in [1.82, 2.24) is 9.88 Å². The second-order valence-electron chi connectivity index (χ2n) is 8.00. The van der Waals surface area contributed by atoms with Gasteiger partial charge in [-0.2, -0.15) is 5.26 Å². The zero-order chi connectivity index (χ0) is 21.6. The highest BCUT2D eigenvalue weighted by Crippen LogP contribution is 2.23. The standard InChI is InChI=1S/C25H28N4O2/c1-29(11-9-27-21-6-8-25-20(13-21)14-22(17-30)31-25)10-3-2-4-19-16-28-24-7-5-18(15-26)12-23(19)24/h5-8,12-14,16,27-28,30H,2-4,9-11,17H2,1H3. The first-order chi connectivity index (χ1) is 15.2. The maximum Gasteiger partial charge on any atom is 0.134 e. The number of aromatic nitrogens is 1. The summed E-state index contributed by atoms with van der Waals surface area (Å²) in [4.78, 5) is 5.65. The van der Waals surface area contributed by atoms with Gasteiger partial charge < -0.3 is 24.7 Å². The van der Waals surface area contributed by atoms with Crippen LogP contribution in [-0.4, -0.2) is 41.7 Å². The third-order valence-corrected chi connectivity index (χ3v) is 5.68. The van der Waals surface area contributed by atoms with Crippen molar-refractivity contribution in [3.05, 3.63) is 65.5 Å². The number of aliphatic hydroxyl groups excluding tert-OH is 1. The van der Waals surface area contributed by atoms with Crippen LogP contribution in [0.5, 0.6) is 0 Å². The summed E-state index contributed by atoms with van der Waals surface area (Å²) in [7, 11) is 2.15. The summed E-state index contributed by atoms with van der Waals surface area (Å²) in [6.07, 6.45) is 5.33. The smallest absolute Gasteiger partial charge is 0.134 e. The van der Waals surface area contributed by atoms with E-state index in [2.05, 4.69) is 40.6 Å². The Labute approximate surface area is 182 Å². The molecule has 0 saturated heterocycles. The van der Waals surface area contributed by atoms with Crippen molar-refractivity contribution in [3.8, 4) is 6.07 Å². The van der Waals surface area contributed by atoms with E-state index in [4.69, 9.17) is 9.68 Å². The van der Waals surface area contributed by atoms with E-state index in [0.29, 0.717) is 11.3 Å². The molecular formula is C25H28N4O2. The van der Waals surface area contributed by atoms with Gasteiger partial charge in [-0.25, -0.2) is 0 Å². The Kier molecular flexibility index (Phi) is 6.56. The lowest BCUT2D eigenvalue weighted by atomic mass is 10.1. The molecule has 0 saturated carbocycles. The van der Waals surface area contributed by atoms with Gasteiger partial charge in [-0.15, -0.1) is 0 Å². The Morgan fingerprint density at radius 1 is 1.13 bits per heavy atom. The minimum atomic E-state index is -0.0799. The molecule has 4 aromatic rings. The Hall–Kier alpha value is -3.27. The van der Waals surface area contributed by atoms with Crippen molar-refractivity contribution in [2.45, 2.75) is 25.9 Å². The van der Waals surface area contributed by atoms with Crippen molar-refractivity contribution in [2.24, 2.45) is 0 Å². The van der Waals surface area contributed by atoms with Crippen LogP contribution < -0.4 is 5.32 Å². The number of aliphatic hydroxyl groups is 1. The van der Waals surface area contributed by atoms with E-state index < -0.39 is 0 Å². The topological polar surface area (TPSA) is 88.2 Å². The number of likely N-dealkylation sites (N-methyl/N-ethyl adjacent to an activating group) is 1. The zero-order valence-corrected chi connectivity index (χ0v) is 17.8. The van der Waals surface area contributed by atoms with Gasteiger partial charge in [0, 0.05) is 41.3 Å². The molecule has 2 aromatic carbocycles. The van der Waals surface area contributed by atoms with Crippen molar-refractivity contribution in [3.63, 3.8) is 0 Å². The SMILES string of the molecule is CN(CCCCc1c[nH]c2ccc(C#N)cc12)CCNc1ccc2oc(CO)cc2c1. The van der Waals surface area contributed by atoms with Crippen LogP contribution in [0.25, 0.3) is 21.9 Å². The molecule has 31 heavy (non-hydrogen) atoms. The largest absolute Gasteiger partial charge is 0.459 e.